The summed E-state index contributed by atoms with van der Waals surface area (Å²) in [6.45, 7) is 10.1. The summed E-state index contributed by atoms with van der Waals surface area (Å²) in [6, 6.07) is 3.36. The van der Waals surface area contributed by atoms with Crippen LogP contribution in [0.5, 0.6) is 0 Å². The number of hydrogen-bond acceptors (Lipinski definition) is 4. The second-order valence-corrected chi connectivity index (χ2v) is 5.99. The lowest BCUT2D eigenvalue weighted by molar-refractivity contribution is 0.0314. The number of aromatic nitrogens is 1. The average molecular weight is 279 g/mol. The van der Waals surface area contributed by atoms with E-state index in [1.165, 1.54) is 0 Å². The number of likely N-dealkylation sites (N-methyl/N-ethyl adjacent to an activating group) is 1. The van der Waals surface area contributed by atoms with Crippen molar-refractivity contribution in [1.82, 2.24) is 9.88 Å². The number of aliphatic hydroxyl groups is 1. The maximum Gasteiger partial charge on any atom is 0.254 e. The van der Waals surface area contributed by atoms with Gasteiger partial charge in [0.2, 0.25) is 0 Å². The number of anilines is 1. The molecule has 1 heterocycles. The molecule has 1 rings (SSSR count). The fraction of sp³-hybridized carbons (Fsp3) is 0.600. The SMILES string of the molecule is CCN(CC(C)(C)O)C(=O)c1cc(N)nc(C(C)C)c1. The molecular formula is C15H25N3O2. The molecule has 5 heteroatoms. The number of carbonyl (C=O) groups excluding carboxylic acids is 1. The topological polar surface area (TPSA) is 79.5 Å². The zero-order valence-corrected chi connectivity index (χ0v) is 13.0. The third kappa shape index (κ3) is 4.49. The van der Waals surface area contributed by atoms with Gasteiger partial charge in [-0.3, -0.25) is 4.79 Å². The van der Waals surface area contributed by atoms with E-state index in [4.69, 9.17) is 5.73 Å². The Morgan fingerprint density at radius 1 is 1.45 bits per heavy atom. The molecule has 0 radical (unpaired) electrons. The maximum absolute atomic E-state index is 12.5. The van der Waals surface area contributed by atoms with E-state index < -0.39 is 5.60 Å². The lowest BCUT2D eigenvalue weighted by atomic mass is 10.1. The highest BCUT2D eigenvalue weighted by molar-refractivity contribution is 5.95. The van der Waals surface area contributed by atoms with Crippen LogP contribution in [0.3, 0.4) is 0 Å². The Hall–Kier alpha value is -1.62. The van der Waals surface area contributed by atoms with Crippen LogP contribution in [0.4, 0.5) is 5.82 Å². The molecule has 0 fully saturated rings. The van der Waals surface area contributed by atoms with Crippen LogP contribution in [-0.2, 0) is 0 Å². The van der Waals surface area contributed by atoms with Gasteiger partial charge >= 0.3 is 0 Å². The van der Waals surface area contributed by atoms with Crippen LogP contribution in [0.1, 0.15) is 56.6 Å². The van der Waals surface area contributed by atoms with Crippen molar-refractivity contribution in [3.8, 4) is 0 Å². The Labute approximate surface area is 120 Å². The molecule has 112 valence electrons. The minimum absolute atomic E-state index is 0.134. The van der Waals surface area contributed by atoms with Crippen LogP contribution in [0, 0.1) is 0 Å². The fourth-order valence-electron chi connectivity index (χ4n) is 1.97. The normalized spacial score (nSPS) is 11.8. The molecule has 0 bridgehead atoms. The molecule has 0 saturated heterocycles. The van der Waals surface area contributed by atoms with Gasteiger partial charge in [-0.1, -0.05) is 13.8 Å². The van der Waals surface area contributed by atoms with Gasteiger partial charge in [-0.25, -0.2) is 4.98 Å². The van der Waals surface area contributed by atoms with E-state index in [9.17, 15) is 9.90 Å². The Morgan fingerprint density at radius 3 is 2.50 bits per heavy atom. The first-order valence-electron chi connectivity index (χ1n) is 6.93. The molecule has 0 aliphatic carbocycles. The van der Waals surface area contributed by atoms with E-state index >= 15 is 0 Å². The van der Waals surface area contributed by atoms with Crippen molar-refractivity contribution in [2.24, 2.45) is 0 Å². The van der Waals surface area contributed by atoms with Crippen LogP contribution in [0.25, 0.3) is 0 Å². The van der Waals surface area contributed by atoms with E-state index in [1.807, 2.05) is 20.8 Å². The minimum atomic E-state index is -0.925. The quantitative estimate of drug-likeness (QED) is 0.864. The van der Waals surface area contributed by atoms with Crippen molar-refractivity contribution in [1.29, 1.82) is 0 Å². The Bertz CT molecular complexity index is 478. The number of nitrogen functional groups attached to an aromatic ring is 1. The smallest absolute Gasteiger partial charge is 0.254 e. The van der Waals surface area contributed by atoms with Gasteiger partial charge in [0.1, 0.15) is 5.82 Å². The highest BCUT2D eigenvalue weighted by Crippen LogP contribution is 2.18. The van der Waals surface area contributed by atoms with Crippen molar-refractivity contribution in [3.05, 3.63) is 23.4 Å². The molecular weight excluding hydrogens is 254 g/mol. The summed E-state index contributed by atoms with van der Waals surface area (Å²) in [5.74, 6) is 0.416. The number of amides is 1. The molecule has 20 heavy (non-hydrogen) atoms. The molecule has 0 spiro atoms. The van der Waals surface area contributed by atoms with Crippen LogP contribution < -0.4 is 5.73 Å². The Balaban J connectivity index is 3.06. The van der Waals surface area contributed by atoms with E-state index in [1.54, 1.807) is 30.9 Å². The molecule has 0 unspecified atom stereocenters. The standard InChI is InChI=1S/C15H25N3O2/c1-6-18(9-15(4,5)20)14(19)11-7-12(10(2)3)17-13(16)8-11/h7-8,10,20H,6,9H2,1-5H3,(H2,16,17). The third-order valence-corrected chi connectivity index (χ3v) is 2.95. The summed E-state index contributed by atoms with van der Waals surface area (Å²) in [5, 5.41) is 9.88. The largest absolute Gasteiger partial charge is 0.389 e. The predicted octanol–water partition coefficient (Wildman–Crippen LogP) is 2.02. The fourth-order valence-corrected chi connectivity index (χ4v) is 1.97. The van der Waals surface area contributed by atoms with Crippen molar-refractivity contribution < 1.29 is 9.90 Å². The number of rotatable bonds is 5. The number of nitrogens with zero attached hydrogens (tertiary/aromatic N) is 2. The Kier molecular flexibility index (Phi) is 5.11. The van der Waals surface area contributed by atoms with Crippen LogP contribution in [0.15, 0.2) is 12.1 Å². The molecule has 0 aliphatic rings. The number of carbonyl (C=O) groups is 1. The summed E-state index contributed by atoms with van der Waals surface area (Å²) in [6.07, 6.45) is 0. The van der Waals surface area contributed by atoms with Gasteiger partial charge in [0.05, 0.1) is 5.60 Å². The molecule has 1 aromatic rings. The number of pyridine rings is 1. The summed E-state index contributed by atoms with van der Waals surface area (Å²) in [7, 11) is 0. The molecule has 1 aromatic heterocycles. The van der Waals surface area contributed by atoms with Crippen LogP contribution in [0.2, 0.25) is 0 Å². The van der Waals surface area contributed by atoms with Gasteiger partial charge in [0.25, 0.3) is 5.91 Å². The summed E-state index contributed by atoms with van der Waals surface area (Å²) in [5.41, 5.74) is 6.17. The lowest BCUT2D eigenvalue weighted by Gasteiger charge is -2.28. The Morgan fingerprint density at radius 2 is 2.05 bits per heavy atom. The van der Waals surface area contributed by atoms with Gasteiger partial charge in [0, 0.05) is 24.3 Å². The lowest BCUT2D eigenvalue weighted by Crippen LogP contribution is -2.42. The molecule has 1 amide bonds. The van der Waals surface area contributed by atoms with E-state index in [0.29, 0.717) is 17.9 Å². The van der Waals surface area contributed by atoms with Gasteiger partial charge in [-0.05, 0) is 38.8 Å². The van der Waals surface area contributed by atoms with Crippen LogP contribution in [-0.4, -0.2) is 39.6 Å². The molecule has 0 saturated carbocycles. The van der Waals surface area contributed by atoms with E-state index in [2.05, 4.69) is 4.98 Å². The maximum atomic E-state index is 12.5. The second-order valence-electron chi connectivity index (χ2n) is 5.99. The van der Waals surface area contributed by atoms with Crippen LogP contribution >= 0.6 is 0 Å². The van der Waals surface area contributed by atoms with Crippen molar-refractivity contribution in [3.63, 3.8) is 0 Å². The molecule has 0 aromatic carbocycles. The summed E-state index contributed by atoms with van der Waals surface area (Å²) < 4.78 is 0. The first kappa shape index (κ1) is 16.4. The monoisotopic (exact) mass is 279 g/mol. The highest BCUT2D eigenvalue weighted by atomic mass is 16.3. The van der Waals surface area contributed by atoms with E-state index in [-0.39, 0.29) is 18.4 Å². The second kappa shape index (κ2) is 6.22. The van der Waals surface area contributed by atoms with Gasteiger partial charge in [0.15, 0.2) is 0 Å². The van der Waals surface area contributed by atoms with Crippen molar-refractivity contribution in [2.45, 2.75) is 46.1 Å². The van der Waals surface area contributed by atoms with Gasteiger partial charge in [-0.2, -0.15) is 0 Å². The molecule has 3 N–H and O–H groups in total. The number of nitrogens with two attached hydrogens (primary N) is 1. The summed E-state index contributed by atoms with van der Waals surface area (Å²) in [4.78, 5) is 18.4. The zero-order valence-electron chi connectivity index (χ0n) is 13.0. The van der Waals surface area contributed by atoms with E-state index in [0.717, 1.165) is 5.69 Å². The first-order chi connectivity index (χ1) is 9.14. The molecule has 0 atom stereocenters. The summed E-state index contributed by atoms with van der Waals surface area (Å²) >= 11 is 0. The minimum Gasteiger partial charge on any atom is -0.389 e. The van der Waals surface area contributed by atoms with Crippen molar-refractivity contribution >= 4 is 11.7 Å². The highest BCUT2D eigenvalue weighted by Gasteiger charge is 2.23. The predicted molar refractivity (Wildman–Crippen MR) is 80.6 cm³/mol. The van der Waals surface area contributed by atoms with Gasteiger partial charge < -0.3 is 15.7 Å². The zero-order chi connectivity index (χ0) is 15.5. The molecule has 0 aliphatic heterocycles. The van der Waals surface area contributed by atoms with Gasteiger partial charge in [-0.15, -0.1) is 0 Å². The third-order valence-electron chi connectivity index (χ3n) is 2.95. The molecule has 5 nitrogen and oxygen atoms in total. The number of hydrogen-bond donors (Lipinski definition) is 2. The average Bonchev–Trinajstić information content (AvgIpc) is 2.33. The van der Waals surface area contributed by atoms with Crippen molar-refractivity contribution in [2.75, 3.05) is 18.8 Å². The first-order valence-corrected chi connectivity index (χ1v) is 6.93.